The minimum Gasteiger partial charge on any atom is -0.508 e. The van der Waals surface area contributed by atoms with Crippen LogP contribution in [0.4, 0.5) is 11.5 Å². The van der Waals surface area contributed by atoms with Gasteiger partial charge in [-0.25, -0.2) is 14.2 Å². The number of para-hydroxylation sites is 3. The summed E-state index contributed by atoms with van der Waals surface area (Å²) < 4.78 is 2.78. The Morgan fingerprint density at radius 1 is 0.967 bits per heavy atom. The molecule has 0 aliphatic heterocycles. The number of nitrogens with two attached hydrogens (primary N) is 1. The quantitative estimate of drug-likeness (QED) is 0.429. The van der Waals surface area contributed by atoms with Gasteiger partial charge in [-0.15, -0.1) is 5.10 Å². The Morgan fingerprint density at radius 3 is 2.53 bits per heavy atom. The maximum absolute atomic E-state index is 13.2. The second-order valence-corrected chi connectivity index (χ2v) is 6.84. The number of nitrogen functional groups attached to an aromatic ring is 1. The highest BCUT2D eigenvalue weighted by molar-refractivity contribution is 5.91. The van der Waals surface area contributed by atoms with E-state index in [1.54, 1.807) is 30.3 Å². The maximum Gasteiger partial charge on any atom is 0.355 e. The lowest BCUT2D eigenvalue weighted by Crippen LogP contribution is -2.20. The Labute approximate surface area is 170 Å². The zero-order valence-corrected chi connectivity index (χ0v) is 15.9. The van der Waals surface area contributed by atoms with Gasteiger partial charge in [-0.05, 0) is 30.3 Å². The summed E-state index contributed by atoms with van der Waals surface area (Å²) in [6.07, 6.45) is 0. The molecule has 0 unspecified atom stereocenters. The molecule has 0 saturated heterocycles. The molecule has 0 amide bonds. The number of fused-ring (bicyclic) bond motifs is 3. The van der Waals surface area contributed by atoms with E-state index < -0.39 is 0 Å². The Bertz CT molecular complexity index is 1440. The van der Waals surface area contributed by atoms with E-state index in [2.05, 4.69) is 15.4 Å². The molecule has 2 heterocycles. The number of hydrogen-bond acceptors (Lipinski definition) is 6. The van der Waals surface area contributed by atoms with Gasteiger partial charge in [-0.3, -0.25) is 0 Å². The molecule has 8 nitrogen and oxygen atoms in total. The smallest absolute Gasteiger partial charge is 0.355 e. The van der Waals surface area contributed by atoms with Gasteiger partial charge in [-0.1, -0.05) is 42.5 Å². The van der Waals surface area contributed by atoms with Crippen molar-refractivity contribution in [2.75, 3.05) is 11.1 Å². The number of hydrogen-bond donors (Lipinski definition) is 3. The van der Waals surface area contributed by atoms with Crippen molar-refractivity contribution in [1.29, 1.82) is 0 Å². The predicted molar refractivity (Wildman–Crippen MR) is 116 cm³/mol. The van der Waals surface area contributed by atoms with Crippen LogP contribution in [0.25, 0.3) is 22.4 Å². The molecule has 0 atom stereocenters. The van der Waals surface area contributed by atoms with Crippen molar-refractivity contribution in [3.8, 4) is 11.4 Å². The summed E-state index contributed by atoms with van der Waals surface area (Å²) in [5.74, 6) is 0.367. The van der Waals surface area contributed by atoms with E-state index in [0.29, 0.717) is 34.6 Å². The van der Waals surface area contributed by atoms with Crippen molar-refractivity contribution in [1.82, 2.24) is 19.2 Å². The minimum absolute atomic E-state index is 0.158. The Morgan fingerprint density at radius 2 is 1.73 bits per heavy atom. The molecule has 0 fully saturated rings. The van der Waals surface area contributed by atoms with Crippen molar-refractivity contribution >= 4 is 28.2 Å². The Hall–Kier alpha value is -4.33. The molecule has 5 rings (SSSR count). The van der Waals surface area contributed by atoms with E-state index in [0.717, 1.165) is 5.56 Å². The highest BCUT2D eigenvalue weighted by atomic mass is 16.3. The molecular weight excluding hydrogens is 380 g/mol. The maximum atomic E-state index is 13.2. The van der Waals surface area contributed by atoms with Crippen molar-refractivity contribution in [3.63, 3.8) is 0 Å². The largest absolute Gasteiger partial charge is 0.508 e. The first kappa shape index (κ1) is 17.7. The number of nitrogens with zero attached hydrogens (tertiary/aromatic N) is 4. The van der Waals surface area contributed by atoms with Crippen molar-refractivity contribution in [2.24, 2.45) is 0 Å². The van der Waals surface area contributed by atoms with Gasteiger partial charge in [0.2, 0.25) is 5.65 Å². The van der Waals surface area contributed by atoms with Crippen LogP contribution >= 0.6 is 0 Å². The molecule has 0 aliphatic carbocycles. The van der Waals surface area contributed by atoms with Gasteiger partial charge < -0.3 is 16.2 Å². The molecule has 0 spiro atoms. The van der Waals surface area contributed by atoms with Gasteiger partial charge in [0.25, 0.3) is 0 Å². The van der Waals surface area contributed by atoms with Crippen molar-refractivity contribution < 1.29 is 5.11 Å². The van der Waals surface area contributed by atoms with Crippen LogP contribution in [-0.2, 0) is 6.54 Å². The number of anilines is 2. The van der Waals surface area contributed by atoms with Crippen molar-refractivity contribution in [3.05, 3.63) is 88.8 Å². The van der Waals surface area contributed by atoms with E-state index in [1.165, 1.54) is 9.08 Å². The second-order valence-electron chi connectivity index (χ2n) is 6.84. The third-order valence-corrected chi connectivity index (χ3v) is 4.96. The summed E-state index contributed by atoms with van der Waals surface area (Å²) in [4.78, 5) is 17.7. The normalized spacial score (nSPS) is 11.2. The minimum atomic E-state index is -0.326. The molecule has 2 aromatic heterocycles. The summed E-state index contributed by atoms with van der Waals surface area (Å²) in [7, 11) is 0. The van der Waals surface area contributed by atoms with E-state index in [4.69, 9.17) is 5.73 Å². The fourth-order valence-electron chi connectivity index (χ4n) is 3.48. The Balaban J connectivity index is 1.66. The predicted octanol–water partition coefficient (Wildman–Crippen LogP) is 2.93. The summed E-state index contributed by atoms with van der Waals surface area (Å²) >= 11 is 0. The third kappa shape index (κ3) is 2.82. The number of phenolic OH excluding ortho intramolecular Hbond substituents is 1. The fraction of sp³-hybridized carbons (Fsp3) is 0.0455. The topological polar surface area (TPSA) is 110 Å². The highest BCUT2D eigenvalue weighted by Crippen LogP contribution is 2.26. The van der Waals surface area contributed by atoms with Crippen LogP contribution in [0.15, 0.2) is 77.6 Å². The molecule has 0 bridgehead atoms. The van der Waals surface area contributed by atoms with Gasteiger partial charge in [-0.2, -0.15) is 4.68 Å². The van der Waals surface area contributed by atoms with Crippen LogP contribution in [0.3, 0.4) is 0 Å². The average Bonchev–Trinajstić information content (AvgIpc) is 3.12. The number of rotatable bonds is 4. The first-order valence-electron chi connectivity index (χ1n) is 9.39. The van der Waals surface area contributed by atoms with Crippen LogP contribution < -0.4 is 16.7 Å². The molecule has 8 heteroatoms. The molecule has 4 N–H and O–H groups in total. The SMILES string of the molecule is Nc1nc2c(NCc3ccccc3O)cccc2n2c(=O)n(-c3ccccc3)nc12. The third-order valence-electron chi connectivity index (χ3n) is 4.96. The van der Waals surface area contributed by atoms with Gasteiger partial charge >= 0.3 is 5.69 Å². The lowest BCUT2D eigenvalue weighted by molar-refractivity contribution is 0.469. The summed E-state index contributed by atoms with van der Waals surface area (Å²) in [5.41, 5.74) is 9.37. The van der Waals surface area contributed by atoms with Crippen LogP contribution in [0.1, 0.15) is 5.56 Å². The molecule has 148 valence electrons. The van der Waals surface area contributed by atoms with Crippen LogP contribution in [-0.4, -0.2) is 24.3 Å². The average molecular weight is 398 g/mol. The van der Waals surface area contributed by atoms with Gasteiger partial charge in [0.05, 0.1) is 16.9 Å². The monoisotopic (exact) mass is 398 g/mol. The van der Waals surface area contributed by atoms with Gasteiger partial charge in [0, 0.05) is 12.1 Å². The van der Waals surface area contributed by atoms with Gasteiger partial charge in [0.1, 0.15) is 11.3 Å². The number of nitrogens with one attached hydrogen (secondary N) is 1. The zero-order valence-electron chi connectivity index (χ0n) is 15.9. The fourth-order valence-corrected chi connectivity index (χ4v) is 3.48. The number of aromatic nitrogens is 4. The first-order chi connectivity index (χ1) is 14.6. The summed E-state index contributed by atoms with van der Waals surface area (Å²) in [6.45, 7) is 0.392. The molecule has 5 aromatic rings. The highest BCUT2D eigenvalue weighted by Gasteiger charge is 2.17. The molecule has 0 radical (unpaired) electrons. The summed E-state index contributed by atoms with van der Waals surface area (Å²) in [5, 5.41) is 17.7. The molecular formula is C22H18N6O2. The lowest BCUT2D eigenvalue weighted by Gasteiger charge is -2.11. The van der Waals surface area contributed by atoms with E-state index >= 15 is 0 Å². The molecule has 0 saturated carbocycles. The summed E-state index contributed by atoms with van der Waals surface area (Å²) in [6, 6.07) is 21.8. The number of aromatic hydroxyl groups is 1. The molecule has 30 heavy (non-hydrogen) atoms. The van der Waals surface area contributed by atoms with Crippen LogP contribution in [0, 0.1) is 0 Å². The lowest BCUT2D eigenvalue weighted by atomic mass is 10.2. The van der Waals surface area contributed by atoms with E-state index in [-0.39, 0.29) is 17.3 Å². The standard InChI is InChI=1S/C22H18N6O2/c23-20-21-26-28(15-8-2-1-3-9-15)22(30)27(21)17-11-6-10-16(19(17)25-20)24-13-14-7-4-5-12-18(14)29/h1-12,24,29H,13H2,(H2,23,25). The molecule has 0 aliphatic rings. The van der Waals surface area contributed by atoms with E-state index in [9.17, 15) is 9.90 Å². The van der Waals surface area contributed by atoms with Crippen LogP contribution in [0.5, 0.6) is 5.75 Å². The van der Waals surface area contributed by atoms with Gasteiger partial charge in [0.15, 0.2) is 5.82 Å². The Kier molecular flexibility index (Phi) is 4.10. The number of benzene rings is 3. The number of phenols is 1. The molecule has 3 aromatic carbocycles. The van der Waals surface area contributed by atoms with Crippen LogP contribution in [0.2, 0.25) is 0 Å². The van der Waals surface area contributed by atoms with E-state index in [1.807, 2.05) is 42.5 Å². The van der Waals surface area contributed by atoms with Crippen molar-refractivity contribution in [2.45, 2.75) is 6.54 Å². The first-order valence-corrected chi connectivity index (χ1v) is 9.39. The zero-order chi connectivity index (χ0) is 20.7. The second kappa shape index (κ2) is 6.93.